The van der Waals surface area contributed by atoms with Gasteiger partial charge in [0.1, 0.15) is 5.02 Å². The summed E-state index contributed by atoms with van der Waals surface area (Å²) < 4.78 is 44.2. The third-order valence-corrected chi connectivity index (χ3v) is 4.41. The molecule has 0 radical (unpaired) electrons. The van der Waals surface area contributed by atoms with Gasteiger partial charge in [0.15, 0.2) is 5.82 Å². The summed E-state index contributed by atoms with van der Waals surface area (Å²) in [5.41, 5.74) is -1.22. The third-order valence-electron chi connectivity index (χ3n) is 4.04. The van der Waals surface area contributed by atoms with Crippen LogP contribution in [0.5, 0.6) is 0 Å². The SMILES string of the molecule is O=c1c(Cl)c(NCCCOCC2CC2)cnn1-c1ccc(C(F)(F)F)cn1. The summed E-state index contributed by atoms with van der Waals surface area (Å²) in [6.45, 7) is 1.95. The van der Waals surface area contributed by atoms with E-state index in [-0.39, 0.29) is 10.8 Å². The minimum Gasteiger partial charge on any atom is -0.382 e. The van der Waals surface area contributed by atoms with Gasteiger partial charge in [-0.3, -0.25) is 4.79 Å². The van der Waals surface area contributed by atoms with Crippen molar-refractivity contribution in [1.82, 2.24) is 14.8 Å². The van der Waals surface area contributed by atoms with Crippen LogP contribution in [0, 0.1) is 5.92 Å². The molecule has 3 rings (SSSR count). The van der Waals surface area contributed by atoms with E-state index in [1.807, 2.05) is 0 Å². The number of ether oxygens (including phenoxy) is 1. The Labute approximate surface area is 158 Å². The summed E-state index contributed by atoms with van der Waals surface area (Å²) in [5.74, 6) is 0.665. The molecule has 0 atom stereocenters. The minimum absolute atomic E-state index is 0.0464. The van der Waals surface area contributed by atoms with Crippen molar-refractivity contribution in [3.63, 3.8) is 0 Å². The molecule has 2 aromatic heterocycles. The molecule has 1 N–H and O–H groups in total. The van der Waals surface area contributed by atoms with E-state index < -0.39 is 17.3 Å². The van der Waals surface area contributed by atoms with Crippen molar-refractivity contribution in [3.05, 3.63) is 45.5 Å². The van der Waals surface area contributed by atoms with Crippen LogP contribution in [0.25, 0.3) is 5.82 Å². The third kappa shape index (κ3) is 5.20. The Hall–Kier alpha value is -2.13. The molecule has 2 aromatic rings. The number of alkyl halides is 3. The Balaban J connectivity index is 1.61. The highest BCUT2D eigenvalue weighted by Gasteiger charge is 2.30. The molecule has 0 spiro atoms. The molecule has 0 saturated heterocycles. The molecule has 0 bridgehead atoms. The zero-order chi connectivity index (χ0) is 19.4. The number of anilines is 1. The lowest BCUT2D eigenvalue weighted by Crippen LogP contribution is -2.24. The van der Waals surface area contributed by atoms with Crippen molar-refractivity contribution >= 4 is 17.3 Å². The van der Waals surface area contributed by atoms with E-state index in [9.17, 15) is 18.0 Å². The normalized spacial score (nSPS) is 14.4. The van der Waals surface area contributed by atoms with Crippen molar-refractivity contribution in [1.29, 1.82) is 0 Å². The predicted molar refractivity (Wildman–Crippen MR) is 94.3 cm³/mol. The molecular formula is C17H18ClF3N4O2. The lowest BCUT2D eigenvalue weighted by molar-refractivity contribution is -0.137. The topological polar surface area (TPSA) is 69.0 Å². The largest absolute Gasteiger partial charge is 0.417 e. The Morgan fingerprint density at radius 3 is 2.70 bits per heavy atom. The van der Waals surface area contributed by atoms with Crippen LogP contribution in [0.3, 0.4) is 0 Å². The molecule has 1 saturated carbocycles. The fraction of sp³-hybridized carbons (Fsp3) is 0.471. The van der Waals surface area contributed by atoms with Crippen molar-refractivity contribution in [2.24, 2.45) is 5.92 Å². The summed E-state index contributed by atoms with van der Waals surface area (Å²) in [6.07, 6.45) is 0.705. The fourth-order valence-electron chi connectivity index (χ4n) is 2.33. The van der Waals surface area contributed by atoms with E-state index in [1.165, 1.54) is 19.0 Å². The Bertz CT molecular complexity index is 836. The summed E-state index contributed by atoms with van der Waals surface area (Å²) in [6, 6.07) is 1.90. The maximum absolute atomic E-state index is 12.6. The maximum Gasteiger partial charge on any atom is 0.417 e. The van der Waals surface area contributed by atoms with Crippen LogP contribution >= 0.6 is 11.6 Å². The van der Waals surface area contributed by atoms with Crippen molar-refractivity contribution in [2.75, 3.05) is 25.1 Å². The summed E-state index contributed by atoms with van der Waals surface area (Å²) in [7, 11) is 0. The number of rotatable bonds is 8. The number of hydrogen-bond acceptors (Lipinski definition) is 5. The second-order valence-electron chi connectivity index (χ2n) is 6.29. The number of hydrogen-bond donors (Lipinski definition) is 1. The van der Waals surface area contributed by atoms with Crippen molar-refractivity contribution < 1.29 is 17.9 Å². The molecule has 0 aromatic carbocycles. The van der Waals surface area contributed by atoms with Gasteiger partial charge in [-0.05, 0) is 37.3 Å². The van der Waals surface area contributed by atoms with E-state index in [2.05, 4.69) is 15.4 Å². The number of pyridine rings is 1. The molecule has 146 valence electrons. The number of nitrogens with zero attached hydrogens (tertiary/aromatic N) is 3. The highest BCUT2D eigenvalue weighted by molar-refractivity contribution is 6.32. The summed E-state index contributed by atoms with van der Waals surface area (Å²) in [4.78, 5) is 16.0. The van der Waals surface area contributed by atoms with Gasteiger partial charge in [0.25, 0.3) is 5.56 Å². The van der Waals surface area contributed by atoms with Crippen LogP contribution < -0.4 is 10.9 Å². The first kappa shape index (κ1) is 19.6. The van der Waals surface area contributed by atoms with Crippen LogP contribution in [0.1, 0.15) is 24.8 Å². The van der Waals surface area contributed by atoms with Crippen LogP contribution in [0.4, 0.5) is 18.9 Å². The lowest BCUT2D eigenvalue weighted by atomic mass is 10.3. The maximum atomic E-state index is 12.6. The van der Waals surface area contributed by atoms with Gasteiger partial charge >= 0.3 is 6.18 Å². The first-order valence-electron chi connectivity index (χ1n) is 8.49. The molecule has 1 fully saturated rings. The molecule has 0 unspecified atom stereocenters. The van der Waals surface area contributed by atoms with Crippen LogP contribution in [-0.4, -0.2) is 34.5 Å². The van der Waals surface area contributed by atoms with E-state index in [4.69, 9.17) is 16.3 Å². The molecule has 2 heterocycles. The number of nitrogens with one attached hydrogen (secondary N) is 1. The molecule has 27 heavy (non-hydrogen) atoms. The van der Waals surface area contributed by atoms with E-state index in [0.29, 0.717) is 31.0 Å². The van der Waals surface area contributed by atoms with Gasteiger partial charge in [-0.25, -0.2) is 4.98 Å². The first-order valence-corrected chi connectivity index (χ1v) is 8.87. The molecular weight excluding hydrogens is 385 g/mol. The van der Waals surface area contributed by atoms with Crippen molar-refractivity contribution in [2.45, 2.75) is 25.4 Å². The van der Waals surface area contributed by atoms with Gasteiger partial charge < -0.3 is 10.1 Å². The molecule has 0 aliphatic heterocycles. The second kappa shape index (κ2) is 8.26. The lowest BCUT2D eigenvalue weighted by Gasteiger charge is -2.11. The number of halogens is 4. The minimum atomic E-state index is -4.50. The molecule has 0 amide bonds. The summed E-state index contributed by atoms with van der Waals surface area (Å²) in [5, 5.41) is 6.83. The van der Waals surface area contributed by atoms with Gasteiger partial charge in [0.05, 0.1) is 17.4 Å². The Morgan fingerprint density at radius 1 is 1.30 bits per heavy atom. The van der Waals surface area contributed by atoms with E-state index in [1.54, 1.807) is 0 Å². The van der Waals surface area contributed by atoms with E-state index >= 15 is 0 Å². The standard InChI is InChI=1S/C17H18ClF3N4O2/c18-15-13(22-6-1-7-27-10-11-2-3-11)9-24-25(16(15)26)14-5-4-12(8-23-14)17(19,20)21/h4-5,8-9,11,22H,1-3,6-7,10H2. The Morgan fingerprint density at radius 2 is 2.07 bits per heavy atom. The smallest absolute Gasteiger partial charge is 0.382 e. The molecule has 10 heteroatoms. The monoisotopic (exact) mass is 402 g/mol. The van der Waals surface area contributed by atoms with E-state index in [0.717, 1.165) is 29.8 Å². The quantitative estimate of drug-likeness (QED) is 0.684. The zero-order valence-electron chi connectivity index (χ0n) is 14.3. The highest BCUT2D eigenvalue weighted by atomic mass is 35.5. The van der Waals surface area contributed by atoms with Gasteiger partial charge in [-0.15, -0.1) is 0 Å². The zero-order valence-corrected chi connectivity index (χ0v) is 15.1. The van der Waals surface area contributed by atoms with Gasteiger partial charge in [0, 0.05) is 26.0 Å². The number of aromatic nitrogens is 3. The molecule has 6 nitrogen and oxygen atoms in total. The predicted octanol–water partition coefficient (Wildman–Crippen LogP) is 3.53. The van der Waals surface area contributed by atoms with Crippen LogP contribution in [0.15, 0.2) is 29.3 Å². The van der Waals surface area contributed by atoms with Gasteiger partial charge in [-0.1, -0.05) is 11.6 Å². The van der Waals surface area contributed by atoms with Crippen molar-refractivity contribution in [3.8, 4) is 5.82 Å². The first-order chi connectivity index (χ1) is 12.9. The summed E-state index contributed by atoms with van der Waals surface area (Å²) >= 11 is 6.07. The average Bonchev–Trinajstić information content (AvgIpc) is 3.45. The fourth-order valence-corrected chi connectivity index (χ4v) is 2.53. The molecule has 1 aliphatic carbocycles. The Kier molecular flexibility index (Phi) is 6.01. The average molecular weight is 403 g/mol. The van der Waals surface area contributed by atoms with Gasteiger partial charge in [0.2, 0.25) is 0 Å². The van der Waals surface area contributed by atoms with Crippen LogP contribution in [0.2, 0.25) is 5.02 Å². The highest BCUT2D eigenvalue weighted by Crippen LogP contribution is 2.29. The second-order valence-corrected chi connectivity index (χ2v) is 6.67. The molecule has 1 aliphatic rings. The van der Waals surface area contributed by atoms with Gasteiger partial charge in [-0.2, -0.15) is 23.0 Å². The van der Waals surface area contributed by atoms with Crippen LogP contribution in [-0.2, 0) is 10.9 Å².